The Kier molecular flexibility index (Phi) is 19.7. The molecule has 0 aromatic heterocycles. The van der Waals surface area contributed by atoms with E-state index in [0.29, 0.717) is 73.0 Å². The molecule has 0 spiro atoms. The van der Waals surface area contributed by atoms with Crippen LogP contribution >= 0.6 is 46.4 Å². The standard InChI is InChI=1S/2C26H30Cl2N2O7S/c1-16(31)21-15-29(9-10-37-19-7-8-24(35-2)25(14-19)36-3)26(32)23-6-4-5-22(21)30(23)38(33,34)20-12-17(27)11-18(28)13-20;1-35-24-7-6-20(15-25(24)36-2)37-11-9-29-16-17(8-10-31)22-4-3-5-23(26(29)32)30(22)38(33,34)21-13-18(27)12-19(28)14-21/h7-8,11-14,21-23H,4-6,9-10,15H2,1-3H3;6-7,10,12-15,17,22-23H,3-5,8-9,11,16H2,1-2H3/t21-,22?,23?;17-,22?,23?/m10/s1. The number of sulfonamides is 2. The second-order valence-electron chi connectivity index (χ2n) is 18.6. The van der Waals surface area contributed by atoms with Gasteiger partial charge in [-0.15, -0.1) is 0 Å². The maximum Gasteiger partial charge on any atom is 0.244 e. The lowest BCUT2D eigenvalue weighted by molar-refractivity contribution is -0.136. The van der Waals surface area contributed by atoms with Gasteiger partial charge in [-0.2, -0.15) is 8.61 Å². The van der Waals surface area contributed by atoms with Crippen molar-refractivity contribution >= 4 is 90.3 Å². The molecule has 4 unspecified atom stereocenters. The minimum absolute atomic E-state index is 0.0743. The Labute approximate surface area is 463 Å². The van der Waals surface area contributed by atoms with Crippen molar-refractivity contribution in [1.82, 2.24) is 18.4 Å². The number of fused-ring (bicyclic) bond motifs is 4. The number of rotatable bonds is 19. The first-order valence-electron chi connectivity index (χ1n) is 24.5. The Morgan fingerprint density at radius 2 is 0.987 bits per heavy atom. The van der Waals surface area contributed by atoms with Crippen molar-refractivity contribution in [2.75, 3.05) is 67.8 Å². The van der Waals surface area contributed by atoms with Crippen LogP contribution in [-0.4, -0.2) is 151 Å². The van der Waals surface area contributed by atoms with Gasteiger partial charge in [0.25, 0.3) is 0 Å². The lowest BCUT2D eigenvalue weighted by atomic mass is 9.88. The van der Waals surface area contributed by atoms with Gasteiger partial charge in [0.05, 0.1) is 57.2 Å². The van der Waals surface area contributed by atoms with E-state index in [0.717, 1.165) is 6.29 Å². The molecule has 4 saturated heterocycles. The average molecular weight is 1170 g/mol. The van der Waals surface area contributed by atoms with Gasteiger partial charge in [-0.3, -0.25) is 14.4 Å². The maximum atomic E-state index is 13.9. The van der Waals surface area contributed by atoms with Crippen molar-refractivity contribution in [3.8, 4) is 34.5 Å². The Morgan fingerprint density at radius 3 is 1.39 bits per heavy atom. The van der Waals surface area contributed by atoms with Gasteiger partial charge in [-0.05, 0) is 112 Å². The van der Waals surface area contributed by atoms with Gasteiger partial charge in [-0.25, -0.2) is 16.8 Å². The summed E-state index contributed by atoms with van der Waals surface area (Å²) in [5.41, 5.74) is 0. The number of benzene rings is 4. The number of carbonyl (C=O) groups excluding carboxylic acids is 4. The fourth-order valence-corrected chi connectivity index (χ4v) is 15.7. The van der Waals surface area contributed by atoms with Gasteiger partial charge in [0.2, 0.25) is 31.9 Å². The number of Topliss-reactive ketones (excluding diaryl/α,β-unsaturated/α-hetero) is 1. The number of hydrogen-bond donors (Lipinski definition) is 0. The lowest BCUT2D eigenvalue weighted by Crippen LogP contribution is -2.55. The van der Waals surface area contributed by atoms with Gasteiger partial charge in [0, 0.05) is 63.8 Å². The van der Waals surface area contributed by atoms with Crippen molar-refractivity contribution < 1.29 is 64.4 Å². The number of hydrogen-bond acceptors (Lipinski definition) is 14. The molecule has 4 aliphatic heterocycles. The van der Waals surface area contributed by atoms with Crippen molar-refractivity contribution in [2.24, 2.45) is 11.8 Å². The lowest BCUT2D eigenvalue weighted by Gasteiger charge is -2.40. The quantitative estimate of drug-likeness (QED) is 0.0814. The zero-order valence-corrected chi connectivity index (χ0v) is 47.2. The summed E-state index contributed by atoms with van der Waals surface area (Å²) in [6.07, 6.45) is 3.95. The molecule has 0 N–H and O–H groups in total. The van der Waals surface area contributed by atoms with Crippen LogP contribution in [0.1, 0.15) is 51.9 Å². The van der Waals surface area contributed by atoms with Crippen LogP contribution in [-0.2, 0) is 39.2 Å². The topological polar surface area (TPSA) is 205 Å². The number of nitrogens with zero attached hydrogens (tertiary/aromatic N) is 4. The third-order valence-electron chi connectivity index (χ3n) is 14.0. The molecule has 0 aliphatic carbocycles. The van der Waals surface area contributed by atoms with E-state index in [4.69, 9.17) is 74.8 Å². The Hall–Kier alpha value is -5.06. The summed E-state index contributed by atoms with van der Waals surface area (Å²) in [4.78, 5) is 54.8. The van der Waals surface area contributed by atoms with Crippen LogP contribution in [0.2, 0.25) is 20.1 Å². The summed E-state index contributed by atoms with van der Waals surface area (Å²) in [5.74, 6) is 1.30. The van der Waals surface area contributed by atoms with Crippen LogP contribution in [0.25, 0.3) is 0 Å². The normalized spacial score (nSPS) is 22.1. The Balaban J connectivity index is 0.000000221. The van der Waals surface area contributed by atoms with Crippen LogP contribution in [0.3, 0.4) is 0 Å². The number of amides is 2. The molecule has 6 atom stereocenters. The molecule has 4 bridgehead atoms. The first-order chi connectivity index (χ1) is 36.2. The minimum Gasteiger partial charge on any atom is -0.493 e. The molecule has 24 heteroatoms. The summed E-state index contributed by atoms with van der Waals surface area (Å²) in [5, 5.41) is 0.695. The molecule has 4 aromatic rings. The molecule has 18 nitrogen and oxygen atoms in total. The second-order valence-corrected chi connectivity index (χ2v) is 24.0. The number of ketones is 1. The third-order valence-corrected chi connectivity index (χ3v) is 18.7. The molecule has 0 radical (unpaired) electrons. The van der Waals surface area contributed by atoms with E-state index in [2.05, 4.69) is 0 Å². The van der Waals surface area contributed by atoms with Gasteiger partial charge < -0.3 is 43.0 Å². The van der Waals surface area contributed by atoms with E-state index in [-0.39, 0.29) is 99.2 Å². The molecule has 4 heterocycles. The largest absolute Gasteiger partial charge is 0.493 e. The smallest absolute Gasteiger partial charge is 0.244 e. The molecule has 4 fully saturated rings. The molecular formula is C52H60Cl4N4O14S2. The Morgan fingerprint density at radius 1 is 0.579 bits per heavy atom. The van der Waals surface area contributed by atoms with E-state index in [1.54, 1.807) is 48.4 Å². The maximum absolute atomic E-state index is 13.9. The van der Waals surface area contributed by atoms with E-state index in [1.807, 2.05) is 0 Å². The zero-order valence-electron chi connectivity index (χ0n) is 42.5. The molecule has 0 saturated carbocycles. The average Bonchev–Trinajstić information content (AvgIpc) is 3.57. The van der Waals surface area contributed by atoms with Crippen LogP contribution in [0, 0.1) is 11.8 Å². The van der Waals surface area contributed by atoms with Gasteiger partial charge in [-0.1, -0.05) is 46.4 Å². The summed E-state index contributed by atoms with van der Waals surface area (Å²) in [6.45, 7) is 2.50. The van der Waals surface area contributed by atoms with E-state index >= 15 is 0 Å². The van der Waals surface area contributed by atoms with E-state index in [9.17, 15) is 36.0 Å². The molecule has 76 heavy (non-hydrogen) atoms. The first kappa shape index (κ1) is 58.6. The van der Waals surface area contributed by atoms with Crippen molar-refractivity contribution in [3.63, 3.8) is 0 Å². The summed E-state index contributed by atoms with van der Waals surface area (Å²) in [6, 6.07) is 15.4. The molecule has 4 aliphatic rings. The van der Waals surface area contributed by atoms with Crippen LogP contribution in [0.5, 0.6) is 34.5 Å². The highest BCUT2D eigenvalue weighted by Crippen LogP contribution is 2.41. The predicted octanol–water partition coefficient (Wildman–Crippen LogP) is 8.10. The molecular weight excluding hydrogens is 1110 g/mol. The van der Waals surface area contributed by atoms with Crippen LogP contribution < -0.4 is 28.4 Å². The first-order valence-corrected chi connectivity index (χ1v) is 28.9. The number of aldehydes is 1. The van der Waals surface area contributed by atoms with Crippen molar-refractivity contribution in [1.29, 1.82) is 0 Å². The number of halogens is 4. The molecule has 2 amide bonds. The van der Waals surface area contributed by atoms with E-state index < -0.39 is 50.1 Å². The van der Waals surface area contributed by atoms with Crippen molar-refractivity contribution in [3.05, 3.63) is 92.9 Å². The highest BCUT2D eigenvalue weighted by atomic mass is 35.5. The number of ether oxygens (including phenoxy) is 6. The molecule has 4 aromatic carbocycles. The summed E-state index contributed by atoms with van der Waals surface area (Å²) >= 11 is 24.4. The van der Waals surface area contributed by atoms with Gasteiger partial charge >= 0.3 is 0 Å². The highest BCUT2D eigenvalue weighted by molar-refractivity contribution is 7.89. The number of carbonyl (C=O) groups is 4. The highest BCUT2D eigenvalue weighted by Gasteiger charge is 2.52. The predicted molar refractivity (Wildman–Crippen MR) is 285 cm³/mol. The Bertz CT molecular complexity index is 2970. The SMILES string of the molecule is COc1ccc(OCCN2C[C@H](C(C)=O)C3CCCC(C2=O)N3S(=O)(=O)c2cc(Cl)cc(Cl)c2)cc1OC.COc1ccc(OCCN2C[C@H](CC=O)C3CCCC(C2=O)N3S(=O)(=O)c2cc(Cl)cc(Cl)c2)cc1OC. The number of piperidine rings is 2. The zero-order chi connectivity index (χ0) is 55.1. The van der Waals surface area contributed by atoms with Crippen LogP contribution in [0.4, 0.5) is 0 Å². The second kappa shape index (κ2) is 25.6. The monoisotopic (exact) mass is 1170 g/mol. The minimum atomic E-state index is -4.18. The number of methoxy groups -OCH3 is 4. The fourth-order valence-electron chi connectivity index (χ4n) is 10.5. The van der Waals surface area contributed by atoms with Crippen molar-refractivity contribution in [2.45, 2.75) is 85.8 Å². The summed E-state index contributed by atoms with van der Waals surface area (Å²) in [7, 11) is -2.18. The van der Waals surface area contributed by atoms with Gasteiger partial charge in [0.15, 0.2) is 23.0 Å². The third kappa shape index (κ3) is 13.1. The van der Waals surface area contributed by atoms with Gasteiger partial charge in [0.1, 0.15) is 48.9 Å². The summed E-state index contributed by atoms with van der Waals surface area (Å²) < 4.78 is 90.8. The molecule has 8 rings (SSSR count). The van der Waals surface area contributed by atoms with Crippen LogP contribution in [0.15, 0.2) is 82.6 Å². The van der Waals surface area contributed by atoms with E-state index in [1.165, 1.54) is 78.2 Å². The molecule has 412 valence electrons. The fraction of sp³-hybridized carbons (Fsp3) is 0.462.